The van der Waals surface area contributed by atoms with Gasteiger partial charge in [0.1, 0.15) is 10.7 Å². The van der Waals surface area contributed by atoms with Crippen molar-refractivity contribution >= 4 is 35.4 Å². The SMILES string of the molecule is Cc1nc(S/C(=C\c2ccc(Cl)cc2)C(=O)O)n[nH]1. The highest BCUT2D eigenvalue weighted by Crippen LogP contribution is 2.25. The highest BCUT2D eigenvalue weighted by atomic mass is 35.5. The number of nitrogens with zero attached hydrogens (tertiary/aromatic N) is 2. The summed E-state index contributed by atoms with van der Waals surface area (Å²) in [6, 6.07) is 6.90. The summed E-state index contributed by atoms with van der Waals surface area (Å²) in [4.78, 5) is 15.4. The van der Waals surface area contributed by atoms with Gasteiger partial charge in [0.05, 0.1) is 0 Å². The Morgan fingerprint density at radius 2 is 2.11 bits per heavy atom. The molecular formula is C12H10ClN3O2S. The van der Waals surface area contributed by atoms with Gasteiger partial charge in [-0.3, -0.25) is 5.10 Å². The Hall–Kier alpha value is -1.79. The molecule has 2 N–H and O–H groups in total. The number of aromatic nitrogens is 3. The first kappa shape index (κ1) is 13.6. The van der Waals surface area contributed by atoms with Crippen molar-refractivity contribution in [1.82, 2.24) is 15.2 Å². The van der Waals surface area contributed by atoms with Crippen LogP contribution in [0.15, 0.2) is 34.3 Å². The minimum absolute atomic E-state index is 0.140. The third-order valence-electron chi connectivity index (χ3n) is 2.16. The minimum atomic E-state index is -1.03. The van der Waals surface area contributed by atoms with Crippen LogP contribution >= 0.6 is 23.4 Å². The fraction of sp³-hybridized carbons (Fsp3) is 0.0833. The van der Waals surface area contributed by atoms with Crippen LogP contribution in [-0.2, 0) is 4.79 Å². The Kier molecular flexibility index (Phi) is 4.24. The average Bonchev–Trinajstić information content (AvgIpc) is 2.76. The predicted molar refractivity (Wildman–Crippen MR) is 74.0 cm³/mol. The molecule has 2 rings (SSSR count). The first-order valence-electron chi connectivity index (χ1n) is 5.32. The number of hydrogen-bond acceptors (Lipinski definition) is 4. The monoisotopic (exact) mass is 295 g/mol. The van der Waals surface area contributed by atoms with Crippen molar-refractivity contribution in [2.24, 2.45) is 0 Å². The summed E-state index contributed by atoms with van der Waals surface area (Å²) < 4.78 is 0. The van der Waals surface area contributed by atoms with Gasteiger partial charge in [-0.15, -0.1) is 5.10 Å². The van der Waals surface area contributed by atoms with Gasteiger partial charge in [0.25, 0.3) is 0 Å². The van der Waals surface area contributed by atoms with Gasteiger partial charge in [0, 0.05) is 5.02 Å². The first-order valence-corrected chi connectivity index (χ1v) is 6.51. The zero-order chi connectivity index (χ0) is 13.8. The second-order valence-corrected chi connectivity index (χ2v) is 5.12. The third-order valence-corrected chi connectivity index (χ3v) is 3.29. The van der Waals surface area contributed by atoms with Gasteiger partial charge in [-0.2, -0.15) is 0 Å². The van der Waals surface area contributed by atoms with E-state index in [-0.39, 0.29) is 4.91 Å². The highest BCUT2D eigenvalue weighted by molar-refractivity contribution is 8.04. The lowest BCUT2D eigenvalue weighted by Gasteiger charge is -1.99. The van der Waals surface area contributed by atoms with Crippen LogP contribution in [0.2, 0.25) is 5.02 Å². The number of aryl methyl sites for hydroxylation is 1. The molecule has 0 aliphatic rings. The van der Waals surface area contributed by atoms with Crippen LogP contribution in [0.5, 0.6) is 0 Å². The molecule has 0 saturated carbocycles. The number of carbonyl (C=O) groups is 1. The van der Waals surface area contributed by atoms with E-state index < -0.39 is 5.97 Å². The molecular weight excluding hydrogens is 286 g/mol. The predicted octanol–water partition coefficient (Wildman–Crippen LogP) is 2.98. The maximum Gasteiger partial charge on any atom is 0.342 e. The number of H-pyrrole nitrogens is 1. The average molecular weight is 296 g/mol. The number of nitrogens with one attached hydrogen (secondary N) is 1. The molecule has 0 atom stereocenters. The summed E-state index contributed by atoms with van der Waals surface area (Å²) in [7, 11) is 0. The molecule has 0 radical (unpaired) electrons. The topological polar surface area (TPSA) is 78.9 Å². The number of thioether (sulfide) groups is 1. The van der Waals surface area contributed by atoms with Crippen molar-refractivity contribution in [2.45, 2.75) is 12.1 Å². The van der Waals surface area contributed by atoms with Gasteiger partial charge < -0.3 is 5.11 Å². The summed E-state index contributed by atoms with van der Waals surface area (Å²) in [5.41, 5.74) is 0.751. The molecule has 0 aliphatic carbocycles. The fourth-order valence-corrected chi connectivity index (χ4v) is 2.19. The van der Waals surface area contributed by atoms with Crippen LogP contribution in [0, 0.1) is 6.92 Å². The standard InChI is InChI=1S/C12H10ClN3O2S/c1-7-14-12(16-15-7)19-10(11(17)18)6-8-2-4-9(13)5-3-8/h2-6H,1H3,(H,17,18)(H,14,15,16)/b10-6-. The first-order chi connectivity index (χ1) is 9.04. The second kappa shape index (κ2) is 5.90. The zero-order valence-electron chi connectivity index (χ0n) is 9.92. The van der Waals surface area contributed by atoms with E-state index in [0.717, 1.165) is 17.3 Å². The van der Waals surface area contributed by atoms with Gasteiger partial charge in [-0.1, -0.05) is 23.7 Å². The number of carboxylic acids is 1. The Bertz CT molecular complexity index is 622. The van der Waals surface area contributed by atoms with Crippen molar-refractivity contribution in [3.05, 3.63) is 45.6 Å². The lowest BCUT2D eigenvalue weighted by Crippen LogP contribution is -1.97. The molecule has 1 aromatic heterocycles. The lowest BCUT2D eigenvalue weighted by atomic mass is 10.2. The molecule has 0 bridgehead atoms. The molecule has 0 fully saturated rings. The Morgan fingerprint density at radius 3 is 2.63 bits per heavy atom. The molecule has 19 heavy (non-hydrogen) atoms. The number of hydrogen-bond donors (Lipinski definition) is 2. The van der Waals surface area contributed by atoms with E-state index >= 15 is 0 Å². The number of aliphatic carboxylic acids is 1. The molecule has 2 aromatic rings. The van der Waals surface area contributed by atoms with E-state index in [1.807, 2.05) is 0 Å². The van der Waals surface area contributed by atoms with Crippen molar-refractivity contribution in [3.63, 3.8) is 0 Å². The summed E-state index contributed by atoms with van der Waals surface area (Å²) in [6.45, 7) is 1.75. The largest absolute Gasteiger partial charge is 0.477 e. The number of rotatable bonds is 4. The van der Waals surface area contributed by atoms with Crippen LogP contribution in [0.25, 0.3) is 6.08 Å². The second-order valence-electron chi connectivity index (χ2n) is 3.67. The number of carboxylic acid groups (broad SMARTS) is 1. The number of aromatic amines is 1. The van der Waals surface area contributed by atoms with Crippen LogP contribution in [0.3, 0.4) is 0 Å². The fourth-order valence-electron chi connectivity index (χ4n) is 1.31. The number of halogens is 1. The quantitative estimate of drug-likeness (QED) is 0.669. The Morgan fingerprint density at radius 1 is 1.42 bits per heavy atom. The van der Waals surface area contributed by atoms with E-state index in [9.17, 15) is 9.90 Å². The van der Waals surface area contributed by atoms with E-state index in [1.165, 1.54) is 0 Å². The molecule has 0 aliphatic heterocycles. The Labute approximate surface area is 118 Å². The molecule has 0 spiro atoms. The molecule has 98 valence electrons. The van der Waals surface area contributed by atoms with Gasteiger partial charge >= 0.3 is 5.97 Å². The van der Waals surface area contributed by atoms with Crippen LogP contribution < -0.4 is 0 Å². The summed E-state index contributed by atoms with van der Waals surface area (Å²) in [5.74, 6) is -0.388. The smallest absolute Gasteiger partial charge is 0.342 e. The van der Waals surface area contributed by atoms with E-state index in [0.29, 0.717) is 16.0 Å². The van der Waals surface area contributed by atoms with E-state index in [1.54, 1.807) is 37.3 Å². The number of benzene rings is 1. The van der Waals surface area contributed by atoms with Crippen molar-refractivity contribution < 1.29 is 9.90 Å². The van der Waals surface area contributed by atoms with Crippen LogP contribution in [-0.4, -0.2) is 26.3 Å². The van der Waals surface area contributed by atoms with Gasteiger partial charge in [0.15, 0.2) is 0 Å². The van der Waals surface area contributed by atoms with Gasteiger partial charge in [-0.05, 0) is 42.5 Å². The Balaban J connectivity index is 2.24. The summed E-state index contributed by atoms with van der Waals surface area (Å²) in [6.07, 6.45) is 1.55. The van der Waals surface area contributed by atoms with Gasteiger partial charge in [0.2, 0.25) is 5.16 Å². The van der Waals surface area contributed by atoms with Gasteiger partial charge in [-0.25, -0.2) is 9.78 Å². The molecule has 7 heteroatoms. The van der Waals surface area contributed by atoms with Crippen LogP contribution in [0.4, 0.5) is 0 Å². The maximum atomic E-state index is 11.2. The normalized spacial score (nSPS) is 11.6. The summed E-state index contributed by atoms with van der Waals surface area (Å²) >= 11 is 6.77. The van der Waals surface area contributed by atoms with E-state index in [4.69, 9.17) is 11.6 Å². The highest BCUT2D eigenvalue weighted by Gasteiger charge is 2.12. The molecule has 1 heterocycles. The lowest BCUT2D eigenvalue weighted by molar-refractivity contribution is -0.131. The van der Waals surface area contributed by atoms with Crippen molar-refractivity contribution in [1.29, 1.82) is 0 Å². The van der Waals surface area contributed by atoms with Crippen molar-refractivity contribution in [3.8, 4) is 0 Å². The molecule has 5 nitrogen and oxygen atoms in total. The van der Waals surface area contributed by atoms with Crippen molar-refractivity contribution in [2.75, 3.05) is 0 Å². The molecule has 0 amide bonds. The molecule has 0 saturated heterocycles. The maximum absolute atomic E-state index is 11.2. The third kappa shape index (κ3) is 3.84. The summed E-state index contributed by atoms with van der Waals surface area (Å²) in [5, 5.41) is 16.7. The van der Waals surface area contributed by atoms with E-state index in [2.05, 4.69) is 15.2 Å². The zero-order valence-corrected chi connectivity index (χ0v) is 11.5. The molecule has 0 unspecified atom stereocenters. The van der Waals surface area contributed by atoms with Crippen LogP contribution in [0.1, 0.15) is 11.4 Å². The minimum Gasteiger partial charge on any atom is -0.477 e. The molecule has 1 aromatic carbocycles.